The molecule has 6 aromatic carbocycles. The van der Waals surface area contributed by atoms with Crippen LogP contribution >= 0.6 is 0 Å². The average molecular weight is 503 g/mol. The number of hydrogen-bond donors (Lipinski definition) is 0. The van der Waals surface area contributed by atoms with E-state index >= 15 is 0 Å². The van der Waals surface area contributed by atoms with E-state index in [4.69, 9.17) is 0 Å². The first-order chi connectivity index (χ1) is 15.9. The number of rotatable bonds is 2. The molecule has 0 aliphatic carbocycles. The van der Waals surface area contributed by atoms with Crippen LogP contribution in [-0.4, -0.2) is 0 Å². The molecule has 0 aromatic heterocycles. The minimum Gasteiger partial charge on any atom is -0.346 e. The summed E-state index contributed by atoms with van der Waals surface area (Å²) in [5.41, 5.74) is 5.21. The van der Waals surface area contributed by atoms with Crippen LogP contribution in [0, 0.1) is 6.92 Å². The number of fused-ring (bicyclic) bond motifs is 2. The molecule has 0 saturated carbocycles. The van der Waals surface area contributed by atoms with Crippen LogP contribution in [0.1, 0.15) is 6.92 Å². The van der Waals surface area contributed by atoms with Gasteiger partial charge in [-0.2, -0.15) is 31.2 Å². The molecule has 0 aliphatic heterocycles. The van der Waals surface area contributed by atoms with Gasteiger partial charge in [0, 0.05) is 0 Å². The van der Waals surface area contributed by atoms with E-state index in [2.05, 4.69) is 140 Å². The molecule has 0 N–H and O–H groups in total. The van der Waals surface area contributed by atoms with Gasteiger partial charge in [-0.1, -0.05) is 83.9 Å². The Morgan fingerprint density at radius 2 is 0.848 bits per heavy atom. The molecule has 0 spiro atoms. The van der Waals surface area contributed by atoms with Gasteiger partial charge in [0.15, 0.2) is 0 Å². The van der Waals surface area contributed by atoms with Crippen LogP contribution in [-0.2, 0) is 26.2 Å². The third-order valence-electron chi connectivity index (χ3n) is 5.53. The van der Waals surface area contributed by atoms with Gasteiger partial charge in [0.05, 0.1) is 0 Å². The van der Waals surface area contributed by atoms with Crippen molar-refractivity contribution in [3.8, 4) is 22.3 Å². The van der Waals surface area contributed by atoms with Crippen LogP contribution in [0.3, 0.4) is 0 Å². The maximum atomic E-state index is 3.25. The fourth-order valence-corrected chi connectivity index (χ4v) is 4.06. The first-order valence-electron chi connectivity index (χ1n) is 11.0. The Bertz CT molecular complexity index is 1260. The summed E-state index contributed by atoms with van der Waals surface area (Å²) in [4.78, 5) is 0. The van der Waals surface area contributed by atoms with Gasteiger partial charge in [-0.15, -0.1) is 57.9 Å². The molecule has 1 heteroatoms. The summed E-state index contributed by atoms with van der Waals surface area (Å²) in [5.74, 6) is 0. The molecule has 0 saturated heterocycles. The minimum atomic E-state index is 0. The molecule has 0 fully saturated rings. The second kappa shape index (κ2) is 12.3. The second-order valence-corrected chi connectivity index (χ2v) is 7.40. The largest absolute Gasteiger partial charge is 3.00 e. The number of benzene rings is 4. The zero-order valence-electron chi connectivity index (χ0n) is 18.9. The molecule has 0 heterocycles. The summed E-state index contributed by atoms with van der Waals surface area (Å²) in [6.07, 6.45) is 0. The maximum absolute atomic E-state index is 3.25. The molecule has 0 amide bonds. The van der Waals surface area contributed by atoms with Gasteiger partial charge in [0.25, 0.3) is 0 Å². The Hall–Kier alpha value is -3.02. The molecular formula is C32H27Zr. The third kappa shape index (κ3) is 5.67. The molecule has 0 aliphatic rings. The van der Waals surface area contributed by atoms with Crippen LogP contribution in [0.15, 0.2) is 133 Å². The van der Waals surface area contributed by atoms with E-state index in [9.17, 15) is 0 Å². The first-order valence-corrected chi connectivity index (χ1v) is 11.0. The van der Waals surface area contributed by atoms with Crippen molar-refractivity contribution in [2.75, 3.05) is 0 Å². The van der Waals surface area contributed by atoms with Gasteiger partial charge in [-0.3, -0.25) is 0 Å². The summed E-state index contributed by atoms with van der Waals surface area (Å²) >= 11 is 0. The summed E-state index contributed by atoms with van der Waals surface area (Å²) < 4.78 is 0. The normalized spacial score (nSPS) is 9.88. The van der Waals surface area contributed by atoms with Crippen molar-refractivity contribution in [3.63, 3.8) is 0 Å². The predicted molar refractivity (Wildman–Crippen MR) is 141 cm³/mol. The second-order valence-electron chi connectivity index (χ2n) is 7.40. The van der Waals surface area contributed by atoms with Crippen molar-refractivity contribution in [1.29, 1.82) is 0 Å². The summed E-state index contributed by atoms with van der Waals surface area (Å²) in [6.45, 7) is 5.00. The summed E-state index contributed by atoms with van der Waals surface area (Å²) in [6, 6.07) is 46.8. The monoisotopic (exact) mass is 501 g/mol. The zero-order chi connectivity index (χ0) is 22.2. The van der Waals surface area contributed by atoms with Crippen LogP contribution in [0.4, 0.5) is 0 Å². The Labute approximate surface area is 216 Å². The smallest absolute Gasteiger partial charge is 0.346 e. The van der Waals surface area contributed by atoms with Gasteiger partial charge in [-0.25, -0.2) is 0 Å². The topological polar surface area (TPSA) is 0 Å². The van der Waals surface area contributed by atoms with E-state index in [1.165, 1.54) is 43.8 Å². The zero-order valence-corrected chi connectivity index (χ0v) is 21.4. The molecule has 159 valence electrons. The quantitative estimate of drug-likeness (QED) is 0.207. The molecule has 33 heavy (non-hydrogen) atoms. The Balaban J connectivity index is 0.000000168. The van der Waals surface area contributed by atoms with Gasteiger partial charge in [0.1, 0.15) is 0 Å². The van der Waals surface area contributed by atoms with Crippen LogP contribution < -0.4 is 0 Å². The molecule has 6 aromatic rings. The SMILES string of the molecule is [CH2-]C.[Zr+3].c1ccc(-c2cccc3[cH-]ccc23)cc1.c1ccc(-c2cccc3[cH-]ccc23)cc1. The van der Waals surface area contributed by atoms with E-state index in [0.29, 0.717) is 0 Å². The minimum absolute atomic E-state index is 0. The average Bonchev–Trinajstić information content (AvgIpc) is 3.56. The molecule has 1 radical (unpaired) electrons. The van der Waals surface area contributed by atoms with E-state index in [0.717, 1.165) is 0 Å². The van der Waals surface area contributed by atoms with Crippen LogP contribution in [0.2, 0.25) is 0 Å². The van der Waals surface area contributed by atoms with Crippen molar-refractivity contribution < 1.29 is 26.2 Å². The Morgan fingerprint density at radius 3 is 1.24 bits per heavy atom. The molecule has 0 atom stereocenters. The van der Waals surface area contributed by atoms with E-state index in [1.54, 1.807) is 6.92 Å². The molecule has 0 nitrogen and oxygen atoms in total. The van der Waals surface area contributed by atoms with E-state index in [1.807, 2.05) is 0 Å². The van der Waals surface area contributed by atoms with Gasteiger partial charge in [-0.05, 0) is 11.1 Å². The summed E-state index contributed by atoms with van der Waals surface area (Å²) in [7, 11) is 0. The van der Waals surface area contributed by atoms with Crippen LogP contribution in [0.25, 0.3) is 43.8 Å². The van der Waals surface area contributed by atoms with Crippen molar-refractivity contribution in [2.45, 2.75) is 6.92 Å². The standard InChI is InChI=1S/2C15H11.C2H5.Zr/c2*1-2-6-12(7-3-1)14-10-4-8-13-9-5-11-15(13)14;1-2;/h2*1-11H;1H2,2H3;/q3*-1;+3. The van der Waals surface area contributed by atoms with E-state index in [-0.39, 0.29) is 26.2 Å². The van der Waals surface area contributed by atoms with Crippen LogP contribution in [0.5, 0.6) is 0 Å². The molecular weight excluding hydrogens is 476 g/mol. The maximum Gasteiger partial charge on any atom is 3.00 e. The number of hydrogen-bond acceptors (Lipinski definition) is 0. The summed E-state index contributed by atoms with van der Waals surface area (Å²) in [5, 5.41) is 5.31. The van der Waals surface area contributed by atoms with Gasteiger partial charge < -0.3 is 6.92 Å². The predicted octanol–water partition coefficient (Wildman–Crippen LogP) is 9.29. The van der Waals surface area contributed by atoms with Gasteiger partial charge in [0.2, 0.25) is 0 Å². The van der Waals surface area contributed by atoms with Gasteiger partial charge >= 0.3 is 26.2 Å². The molecule has 0 bridgehead atoms. The van der Waals surface area contributed by atoms with Crippen molar-refractivity contribution >= 4 is 21.5 Å². The van der Waals surface area contributed by atoms with Crippen molar-refractivity contribution in [3.05, 3.63) is 140 Å². The van der Waals surface area contributed by atoms with Crippen molar-refractivity contribution in [1.82, 2.24) is 0 Å². The Morgan fingerprint density at radius 1 is 0.455 bits per heavy atom. The first kappa shape index (κ1) is 24.6. The molecule has 6 rings (SSSR count). The fraction of sp³-hybridized carbons (Fsp3) is 0.0312. The Kier molecular flexibility index (Phi) is 9.17. The van der Waals surface area contributed by atoms with E-state index < -0.39 is 0 Å². The third-order valence-corrected chi connectivity index (χ3v) is 5.53. The van der Waals surface area contributed by atoms with Crippen molar-refractivity contribution in [2.24, 2.45) is 0 Å². The molecule has 0 unspecified atom stereocenters. The fourth-order valence-electron chi connectivity index (χ4n) is 4.06.